The Morgan fingerprint density at radius 3 is 0.716 bits per heavy atom. The van der Waals surface area contributed by atoms with E-state index in [2.05, 4.69) is 93.9 Å². The van der Waals surface area contributed by atoms with E-state index in [0.29, 0.717) is 19.6 Å². The second kappa shape index (κ2) is 43.4. The highest BCUT2D eigenvalue weighted by atomic mass is 16.5. The van der Waals surface area contributed by atoms with Gasteiger partial charge >= 0.3 is 0 Å². The molecule has 450 valence electrons. The molecule has 3 amide bonds. The molecule has 0 spiro atoms. The molecule has 4 rings (SSSR count). The number of hydrogen-bond acceptors (Lipinski definition) is 6. The molecular formula is C72H111N3O6. The van der Waals surface area contributed by atoms with E-state index in [1.165, 1.54) is 116 Å². The summed E-state index contributed by atoms with van der Waals surface area (Å²) in [6.07, 6.45) is 34.6. The molecule has 0 unspecified atom stereocenters. The molecule has 0 saturated heterocycles. The van der Waals surface area contributed by atoms with Gasteiger partial charge in [0.1, 0.15) is 16.7 Å². The van der Waals surface area contributed by atoms with E-state index in [0.717, 1.165) is 93.7 Å². The first kappa shape index (κ1) is 68.2. The molecule has 81 heavy (non-hydrogen) atoms. The zero-order chi connectivity index (χ0) is 58.0. The zero-order valence-electron chi connectivity index (χ0n) is 51.8. The quantitative estimate of drug-likeness (QED) is 0.0380. The number of benzene rings is 4. The molecule has 0 fully saturated rings. The Hall–Kier alpha value is -5.31. The first-order valence-electron chi connectivity index (χ1n) is 32.8. The van der Waals surface area contributed by atoms with Crippen LogP contribution in [0.3, 0.4) is 0 Å². The van der Waals surface area contributed by atoms with E-state index < -0.39 is 17.7 Å². The van der Waals surface area contributed by atoms with Crippen LogP contribution >= 0.6 is 0 Å². The highest BCUT2D eigenvalue weighted by Crippen LogP contribution is 2.45. The molecule has 0 heterocycles. The fraction of sp³-hybridized carbons (Fsp3) is 0.625. The molecule has 0 radical (unpaired) electrons. The minimum Gasteiger partial charge on any atom is -0.492 e. The molecule has 9 heteroatoms. The molecule has 0 bridgehead atoms. The van der Waals surface area contributed by atoms with E-state index >= 15 is 14.4 Å². The number of amides is 3. The highest BCUT2D eigenvalue weighted by Gasteiger charge is 2.37. The van der Waals surface area contributed by atoms with Crippen molar-refractivity contribution >= 4 is 17.7 Å². The van der Waals surface area contributed by atoms with Crippen LogP contribution in [0.4, 0.5) is 0 Å². The summed E-state index contributed by atoms with van der Waals surface area (Å²) in [4.78, 5) is 46.4. The normalized spacial score (nSPS) is 12.4. The van der Waals surface area contributed by atoms with Gasteiger partial charge in [0.25, 0.3) is 17.7 Å². The molecule has 3 atom stereocenters. The van der Waals surface area contributed by atoms with Crippen molar-refractivity contribution in [3.8, 4) is 17.2 Å². The summed E-state index contributed by atoms with van der Waals surface area (Å²) in [6, 6.07) is 30.4. The summed E-state index contributed by atoms with van der Waals surface area (Å²) in [7, 11) is 0. The van der Waals surface area contributed by atoms with Gasteiger partial charge in [0.05, 0.1) is 19.8 Å². The van der Waals surface area contributed by atoms with E-state index in [-0.39, 0.29) is 71.5 Å². The average molecular weight is 1110 g/mol. The van der Waals surface area contributed by atoms with Gasteiger partial charge in [-0.25, -0.2) is 0 Å². The standard InChI is InChI=1S/C72H111N3O6/c1-7-10-13-16-19-22-25-28-31-43-52-79-67-64(70(76)73-55-58(4)61-46-37-34-38-47-61)68(80-53-44-32-29-26-23-20-17-14-11-8-2)66(72(78)75-57-60(6)63-50-41-36-42-51-63)69(81-54-45-33-30-27-24-21-18-15-12-9-3)65(67)71(77)74-56-59(5)62-48-39-35-40-49-62/h34-42,46-51,58-60H,7-33,43-45,52-57H2,1-6H3,(H,73,76)(H,74,77)(H,75,78)/t58-,59-,60-/m0/s1. The minimum atomic E-state index is -0.464. The Bertz CT molecular complexity index is 1980. The van der Waals surface area contributed by atoms with E-state index in [1.54, 1.807) is 0 Å². The Labute approximate surface area is 493 Å². The summed E-state index contributed by atoms with van der Waals surface area (Å²) < 4.78 is 20.8. The van der Waals surface area contributed by atoms with E-state index in [9.17, 15) is 0 Å². The van der Waals surface area contributed by atoms with Crippen molar-refractivity contribution in [2.45, 2.75) is 252 Å². The number of hydrogen-bond donors (Lipinski definition) is 3. The fourth-order valence-corrected chi connectivity index (χ4v) is 10.7. The SMILES string of the molecule is CCCCCCCCCCCCOc1c(C(=O)NC[C@H](C)c2ccccc2)c(OCCCCCCCCCCCC)c(C(=O)NC[C@H](C)c2ccccc2)c(OCCCCCCCCCCCC)c1C(=O)NC[C@H](C)c1ccccc1. The van der Waals surface area contributed by atoms with Crippen molar-refractivity contribution in [1.29, 1.82) is 0 Å². The maximum Gasteiger partial charge on any atom is 0.258 e. The summed E-state index contributed by atoms with van der Waals surface area (Å²) in [6.45, 7) is 14.8. The molecule has 9 nitrogen and oxygen atoms in total. The lowest BCUT2D eigenvalue weighted by Gasteiger charge is -2.26. The summed E-state index contributed by atoms with van der Waals surface area (Å²) >= 11 is 0. The largest absolute Gasteiger partial charge is 0.492 e. The van der Waals surface area contributed by atoms with Crippen LogP contribution in [0.2, 0.25) is 0 Å². The highest BCUT2D eigenvalue weighted by molar-refractivity contribution is 6.14. The first-order valence-corrected chi connectivity index (χ1v) is 32.8. The molecule has 0 saturated carbocycles. The van der Waals surface area contributed by atoms with Crippen molar-refractivity contribution in [3.63, 3.8) is 0 Å². The van der Waals surface area contributed by atoms with Gasteiger partial charge in [0.15, 0.2) is 17.2 Å². The number of carbonyl (C=O) groups excluding carboxylic acids is 3. The number of carbonyl (C=O) groups is 3. The number of nitrogens with one attached hydrogen (secondary N) is 3. The molecular weight excluding hydrogens is 1000 g/mol. The molecule has 0 aliphatic rings. The summed E-state index contributed by atoms with van der Waals surface area (Å²) in [5.41, 5.74) is 3.44. The fourth-order valence-electron chi connectivity index (χ4n) is 10.7. The third-order valence-electron chi connectivity index (χ3n) is 16.1. The number of unbranched alkanes of at least 4 members (excludes halogenated alkanes) is 27. The van der Waals surface area contributed by atoms with Gasteiger partial charge in [-0.3, -0.25) is 14.4 Å². The summed E-state index contributed by atoms with van der Waals surface area (Å²) in [5.74, 6) is -1.18. The minimum absolute atomic E-state index is 0.0321. The Balaban J connectivity index is 1.84. The molecule has 0 aromatic heterocycles. The van der Waals surface area contributed by atoms with Crippen LogP contribution in [0.25, 0.3) is 0 Å². The van der Waals surface area contributed by atoms with E-state index in [1.807, 2.05) is 54.6 Å². The van der Waals surface area contributed by atoms with Crippen LogP contribution in [0.15, 0.2) is 91.0 Å². The third kappa shape index (κ3) is 27.1. The number of ether oxygens (including phenoxy) is 3. The lowest BCUT2D eigenvalue weighted by atomic mass is 9.96. The zero-order valence-corrected chi connectivity index (χ0v) is 51.8. The predicted molar refractivity (Wildman–Crippen MR) is 340 cm³/mol. The van der Waals surface area contributed by atoms with Crippen LogP contribution in [-0.2, 0) is 0 Å². The lowest BCUT2D eigenvalue weighted by molar-refractivity contribution is 0.0932. The Kier molecular flexibility index (Phi) is 36.5. The van der Waals surface area contributed by atoms with Crippen LogP contribution in [0.5, 0.6) is 17.2 Å². The molecule has 4 aromatic rings. The topological polar surface area (TPSA) is 115 Å². The maximum atomic E-state index is 15.5. The Morgan fingerprint density at radius 1 is 0.309 bits per heavy atom. The van der Waals surface area contributed by atoms with Crippen molar-refractivity contribution in [2.24, 2.45) is 0 Å². The van der Waals surface area contributed by atoms with Gasteiger partial charge in [-0.2, -0.15) is 0 Å². The van der Waals surface area contributed by atoms with Gasteiger partial charge in [0.2, 0.25) is 0 Å². The molecule has 4 aromatic carbocycles. The van der Waals surface area contributed by atoms with Gasteiger partial charge in [-0.15, -0.1) is 0 Å². The Morgan fingerprint density at radius 2 is 0.506 bits per heavy atom. The molecule has 0 aliphatic heterocycles. The second-order valence-electron chi connectivity index (χ2n) is 23.3. The van der Waals surface area contributed by atoms with Crippen LogP contribution in [-0.4, -0.2) is 57.2 Å². The van der Waals surface area contributed by atoms with Crippen molar-refractivity contribution in [1.82, 2.24) is 16.0 Å². The average Bonchev–Trinajstić information content (AvgIpc) is 3.62. The summed E-state index contributed by atoms with van der Waals surface area (Å²) in [5, 5.41) is 9.74. The van der Waals surface area contributed by atoms with Gasteiger partial charge < -0.3 is 30.2 Å². The third-order valence-corrected chi connectivity index (χ3v) is 16.1. The van der Waals surface area contributed by atoms with Crippen LogP contribution in [0.1, 0.15) is 300 Å². The first-order chi connectivity index (χ1) is 39.7. The van der Waals surface area contributed by atoms with Crippen molar-refractivity contribution < 1.29 is 28.6 Å². The predicted octanol–water partition coefficient (Wildman–Crippen LogP) is 19.2. The van der Waals surface area contributed by atoms with E-state index in [4.69, 9.17) is 14.2 Å². The van der Waals surface area contributed by atoms with Crippen LogP contribution in [0, 0.1) is 0 Å². The van der Waals surface area contributed by atoms with Crippen LogP contribution < -0.4 is 30.2 Å². The smallest absolute Gasteiger partial charge is 0.258 e. The molecule has 0 aliphatic carbocycles. The maximum absolute atomic E-state index is 15.5. The van der Waals surface area contributed by atoms with Crippen molar-refractivity contribution in [3.05, 3.63) is 124 Å². The van der Waals surface area contributed by atoms with Gasteiger partial charge in [-0.1, -0.05) is 306 Å². The second-order valence-corrected chi connectivity index (χ2v) is 23.3. The molecule has 3 N–H and O–H groups in total. The number of rotatable bonds is 48. The monoisotopic (exact) mass is 1110 g/mol. The van der Waals surface area contributed by atoms with Gasteiger partial charge in [0, 0.05) is 19.6 Å². The lowest BCUT2D eigenvalue weighted by Crippen LogP contribution is -2.34. The van der Waals surface area contributed by atoms with Gasteiger partial charge in [-0.05, 0) is 53.7 Å². The van der Waals surface area contributed by atoms with Crippen molar-refractivity contribution in [2.75, 3.05) is 39.5 Å².